The number of carbonyl (C=O) groups excluding carboxylic acids is 2. The maximum Gasteiger partial charge on any atom is 0.255 e. The monoisotopic (exact) mass is 597 g/mol. The lowest BCUT2D eigenvalue weighted by Crippen LogP contribution is -2.45. The normalized spacial score (nSPS) is 13.7. The number of fused-ring (bicyclic) bond motifs is 1. The van der Waals surface area contributed by atoms with E-state index in [2.05, 4.69) is 56.0 Å². The van der Waals surface area contributed by atoms with Crippen molar-refractivity contribution < 1.29 is 18.4 Å². The van der Waals surface area contributed by atoms with E-state index in [9.17, 15) is 14.0 Å². The van der Waals surface area contributed by atoms with Gasteiger partial charge in [-0.05, 0) is 66.2 Å². The highest BCUT2D eigenvalue weighted by Gasteiger charge is 2.43. The lowest BCUT2D eigenvalue weighted by atomic mass is 10.0. The zero-order valence-corrected chi connectivity index (χ0v) is 26.0. The highest BCUT2D eigenvalue weighted by Crippen LogP contribution is 2.42. The minimum absolute atomic E-state index is 0.145. The SMILES string of the molecule is CC(C)(C)[Si](C)(C)Oc1ccc(F)cc1[C@H](C(=O)Nc1nccs1)N1Cc2ccc(C#Cc3ccccc3)cc2C1=O. The van der Waals surface area contributed by atoms with Crippen LogP contribution in [0.25, 0.3) is 0 Å². The van der Waals surface area contributed by atoms with E-state index in [-0.39, 0.29) is 17.5 Å². The summed E-state index contributed by atoms with van der Waals surface area (Å²) in [5.74, 6) is 5.27. The molecule has 1 atom stereocenters. The van der Waals surface area contributed by atoms with Crippen molar-refractivity contribution in [2.45, 2.75) is 51.5 Å². The average molecular weight is 598 g/mol. The van der Waals surface area contributed by atoms with Gasteiger partial charge in [-0.2, -0.15) is 0 Å². The Bertz CT molecular complexity index is 1690. The van der Waals surface area contributed by atoms with Gasteiger partial charge >= 0.3 is 0 Å². The quantitative estimate of drug-likeness (QED) is 0.186. The van der Waals surface area contributed by atoms with Gasteiger partial charge in [-0.3, -0.25) is 14.9 Å². The molecule has 6 nitrogen and oxygen atoms in total. The number of hydrogen-bond donors (Lipinski definition) is 1. The van der Waals surface area contributed by atoms with Gasteiger partial charge < -0.3 is 9.33 Å². The van der Waals surface area contributed by atoms with Crippen LogP contribution < -0.4 is 9.74 Å². The Morgan fingerprint density at radius 3 is 2.50 bits per heavy atom. The van der Waals surface area contributed by atoms with Gasteiger partial charge in [0.1, 0.15) is 17.6 Å². The summed E-state index contributed by atoms with van der Waals surface area (Å²) < 4.78 is 21.4. The van der Waals surface area contributed by atoms with E-state index < -0.39 is 26.1 Å². The van der Waals surface area contributed by atoms with E-state index in [1.165, 1.54) is 28.4 Å². The van der Waals surface area contributed by atoms with Crippen LogP contribution >= 0.6 is 11.3 Å². The Hall–Kier alpha value is -4.26. The first kappa shape index (κ1) is 29.2. The predicted octanol–water partition coefficient (Wildman–Crippen LogP) is 7.40. The topological polar surface area (TPSA) is 71.5 Å². The van der Waals surface area contributed by atoms with E-state index >= 15 is 0 Å². The Labute approximate surface area is 250 Å². The second-order valence-corrected chi connectivity index (χ2v) is 17.3. The molecule has 0 radical (unpaired) electrons. The van der Waals surface area contributed by atoms with Gasteiger partial charge in [0.05, 0.1) is 0 Å². The lowest BCUT2D eigenvalue weighted by molar-refractivity contribution is -0.120. The summed E-state index contributed by atoms with van der Waals surface area (Å²) in [5, 5.41) is 4.80. The number of rotatable bonds is 6. The minimum Gasteiger partial charge on any atom is -0.543 e. The fourth-order valence-electron chi connectivity index (χ4n) is 4.44. The maximum atomic E-state index is 14.8. The number of anilines is 1. The maximum absolute atomic E-state index is 14.8. The molecular weight excluding hydrogens is 566 g/mol. The number of benzene rings is 3. The summed E-state index contributed by atoms with van der Waals surface area (Å²) in [6.45, 7) is 10.7. The molecule has 1 aromatic heterocycles. The van der Waals surface area contributed by atoms with Crippen molar-refractivity contribution in [3.63, 3.8) is 0 Å². The van der Waals surface area contributed by atoms with Crippen LogP contribution in [0.1, 0.15) is 59.4 Å². The number of hydrogen-bond acceptors (Lipinski definition) is 5. The second-order valence-electron chi connectivity index (χ2n) is 11.7. The van der Waals surface area contributed by atoms with Gasteiger partial charge in [-0.25, -0.2) is 9.37 Å². The molecule has 0 fully saturated rings. The fourth-order valence-corrected chi connectivity index (χ4v) is 6.01. The molecule has 2 heterocycles. The van der Waals surface area contributed by atoms with Crippen LogP contribution in [0.2, 0.25) is 18.1 Å². The predicted molar refractivity (Wildman–Crippen MR) is 166 cm³/mol. The molecule has 0 bridgehead atoms. The van der Waals surface area contributed by atoms with Crippen molar-refractivity contribution in [2.24, 2.45) is 0 Å². The summed E-state index contributed by atoms with van der Waals surface area (Å²) in [7, 11) is -2.39. The molecule has 1 aliphatic heterocycles. The van der Waals surface area contributed by atoms with Crippen LogP contribution in [-0.2, 0) is 11.3 Å². The summed E-state index contributed by atoms with van der Waals surface area (Å²) in [6.07, 6.45) is 1.58. The molecule has 5 rings (SSSR count). The van der Waals surface area contributed by atoms with E-state index in [4.69, 9.17) is 4.43 Å². The third kappa shape index (κ3) is 6.15. The highest BCUT2D eigenvalue weighted by atomic mass is 32.1. The van der Waals surface area contributed by atoms with Gasteiger partial charge in [0.25, 0.3) is 11.8 Å². The molecule has 9 heteroatoms. The first-order valence-electron chi connectivity index (χ1n) is 13.6. The summed E-state index contributed by atoms with van der Waals surface area (Å²) in [5.41, 5.74) is 3.07. The molecular formula is C33H32FN3O3SSi. The van der Waals surface area contributed by atoms with Crippen molar-refractivity contribution in [1.82, 2.24) is 9.88 Å². The molecule has 1 N–H and O–H groups in total. The second kappa shape index (κ2) is 11.5. The molecule has 42 heavy (non-hydrogen) atoms. The lowest BCUT2D eigenvalue weighted by Gasteiger charge is -2.38. The summed E-state index contributed by atoms with van der Waals surface area (Å²) in [4.78, 5) is 33.5. The smallest absolute Gasteiger partial charge is 0.255 e. The largest absolute Gasteiger partial charge is 0.543 e. The van der Waals surface area contributed by atoms with Crippen LogP contribution in [0.15, 0.2) is 78.3 Å². The van der Waals surface area contributed by atoms with Crippen molar-refractivity contribution in [2.75, 3.05) is 5.32 Å². The highest BCUT2D eigenvalue weighted by molar-refractivity contribution is 7.13. The molecule has 4 aromatic rings. The average Bonchev–Trinajstić information content (AvgIpc) is 3.57. The van der Waals surface area contributed by atoms with Crippen molar-refractivity contribution in [1.29, 1.82) is 0 Å². The Kier molecular flexibility index (Phi) is 8.04. The Morgan fingerprint density at radius 2 is 1.81 bits per heavy atom. The number of nitrogens with zero attached hydrogens (tertiary/aromatic N) is 2. The Morgan fingerprint density at radius 1 is 1.07 bits per heavy atom. The van der Waals surface area contributed by atoms with Crippen molar-refractivity contribution >= 4 is 36.6 Å². The standard InChI is InChI=1S/C33H32FN3O3SSi/c1-33(2,3)42(4,5)40-28-16-15-25(34)20-27(28)29(30(38)36-32-35-17-18-41-32)37-21-24-14-13-23(19-26(24)31(37)39)12-11-22-9-7-6-8-10-22/h6-10,13-20,29H,21H2,1-5H3,(H,35,36,38)/t29-/m1/s1. The van der Waals surface area contributed by atoms with E-state index in [0.717, 1.165) is 11.1 Å². The summed E-state index contributed by atoms with van der Waals surface area (Å²) in [6, 6.07) is 18.1. The van der Waals surface area contributed by atoms with Crippen LogP contribution in [0, 0.1) is 17.7 Å². The first-order chi connectivity index (χ1) is 19.9. The van der Waals surface area contributed by atoms with Crippen LogP contribution in [0.3, 0.4) is 0 Å². The number of aromatic nitrogens is 1. The van der Waals surface area contributed by atoms with Crippen LogP contribution in [0.4, 0.5) is 9.52 Å². The molecule has 0 unspecified atom stereocenters. The van der Waals surface area contributed by atoms with Gasteiger partial charge in [-0.1, -0.05) is 56.9 Å². The number of nitrogens with one attached hydrogen (secondary N) is 1. The number of amides is 2. The molecule has 0 saturated heterocycles. The fraction of sp³-hybridized carbons (Fsp3) is 0.242. The van der Waals surface area contributed by atoms with Crippen LogP contribution in [0.5, 0.6) is 5.75 Å². The first-order valence-corrected chi connectivity index (χ1v) is 17.4. The summed E-state index contributed by atoms with van der Waals surface area (Å²) >= 11 is 1.26. The zero-order valence-electron chi connectivity index (χ0n) is 24.2. The molecule has 0 aliphatic carbocycles. The molecule has 0 spiro atoms. The van der Waals surface area contributed by atoms with E-state index in [1.807, 2.05) is 42.5 Å². The van der Waals surface area contributed by atoms with E-state index in [0.29, 0.717) is 27.6 Å². The van der Waals surface area contributed by atoms with Gasteiger partial charge in [0.15, 0.2) is 5.13 Å². The van der Waals surface area contributed by atoms with Crippen LogP contribution in [-0.4, -0.2) is 30.0 Å². The number of carbonyl (C=O) groups is 2. The third-order valence-corrected chi connectivity index (χ3v) is 12.8. The molecule has 0 saturated carbocycles. The van der Waals surface area contributed by atoms with Crippen molar-refractivity contribution in [3.8, 4) is 17.6 Å². The molecule has 3 aromatic carbocycles. The number of thiazole rings is 1. The minimum atomic E-state index is -2.39. The van der Waals surface area contributed by atoms with Crippen molar-refractivity contribution in [3.05, 3.63) is 112 Å². The molecule has 214 valence electrons. The van der Waals surface area contributed by atoms with Gasteiger partial charge in [0.2, 0.25) is 8.32 Å². The van der Waals surface area contributed by atoms with Gasteiger partial charge in [0, 0.05) is 40.4 Å². The number of halogens is 1. The Balaban J connectivity index is 1.54. The molecule has 2 amide bonds. The third-order valence-electron chi connectivity index (χ3n) is 7.73. The van der Waals surface area contributed by atoms with E-state index in [1.54, 1.807) is 23.7 Å². The zero-order chi connectivity index (χ0) is 30.1. The van der Waals surface area contributed by atoms with Gasteiger partial charge in [-0.15, -0.1) is 11.3 Å². The molecule has 1 aliphatic rings.